The van der Waals surface area contributed by atoms with E-state index >= 15 is 0 Å². The van der Waals surface area contributed by atoms with Gasteiger partial charge in [-0.05, 0) is 64.0 Å². The van der Waals surface area contributed by atoms with Gasteiger partial charge >= 0.3 is 6.18 Å². The molecule has 35 heavy (non-hydrogen) atoms. The summed E-state index contributed by atoms with van der Waals surface area (Å²) >= 11 is 15.4. The summed E-state index contributed by atoms with van der Waals surface area (Å²) in [6, 6.07) is 17.3. The van der Waals surface area contributed by atoms with E-state index in [0.717, 1.165) is 15.4 Å². The molecule has 0 spiro atoms. The Balaban J connectivity index is 1.44. The molecular weight excluding hydrogens is 568 g/mol. The topological polar surface area (TPSA) is 43.6 Å². The molecular formula is C25H14BrCl2F3N2O2. The summed E-state index contributed by atoms with van der Waals surface area (Å²) in [5.41, 5.74) is -1.37. The summed E-state index contributed by atoms with van der Waals surface area (Å²) in [4.78, 5) is 18.1. The third kappa shape index (κ3) is 4.13. The highest BCUT2D eigenvalue weighted by Crippen LogP contribution is 2.49. The van der Waals surface area contributed by atoms with Crippen LogP contribution in [0.15, 0.2) is 82.6 Å². The van der Waals surface area contributed by atoms with Crippen LogP contribution in [0.3, 0.4) is 0 Å². The average Bonchev–Trinajstić information content (AvgIpc) is 3.45. The van der Waals surface area contributed by atoms with Crippen LogP contribution >= 0.6 is 39.1 Å². The van der Waals surface area contributed by atoms with Gasteiger partial charge in [-0.1, -0.05) is 52.6 Å². The minimum Gasteiger partial charge on any atom is -0.374 e. The van der Waals surface area contributed by atoms with E-state index in [-0.39, 0.29) is 27.2 Å². The fourth-order valence-corrected chi connectivity index (χ4v) is 5.21. The number of para-hydroxylation sites is 1. The number of carbonyl (C=O) groups is 1. The first-order valence-electron chi connectivity index (χ1n) is 10.3. The first kappa shape index (κ1) is 23.9. The lowest BCUT2D eigenvalue weighted by atomic mass is 9.86. The normalized spacial score (nSPS) is 17.9. The molecule has 178 valence electrons. The van der Waals surface area contributed by atoms with Gasteiger partial charge < -0.3 is 4.84 Å². The maximum Gasteiger partial charge on any atom is 0.435 e. The second-order valence-electron chi connectivity index (χ2n) is 8.03. The van der Waals surface area contributed by atoms with Gasteiger partial charge in [-0.15, -0.1) is 0 Å². The van der Waals surface area contributed by atoms with Crippen molar-refractivity contribution in [3.05, 3.63) is 104 Å². The SMILES string of the molecule is O=C(c1ccc(C2=NOC(c3cc(Cl)cc(Cl)c3)(C(F)(F)F)C2)cc1)n1ccc2cccc(Br)c21. The first-order valence-corrected chi connectivity index (χ1v) is 11.8. The lowest BCUT2D eigenvalue weighted by molar-refractivity contribution is -0.275. The molecule has 1 aliphatic rings. The molecule has 1 unspecified atom stereocenters. The Labute approximate surface area is 216 Å². The molecule has 0 radical (unpaired) electrons. The Hall–Kier alpha value is -2.81. The number of benzene rings is 3. The van der Waals surface area contributed by atoms with Gasteiger partial charge in [0.1, 0.15) is 0 Å². The smallest absolute Gasteiger partial charge is 0.374 e. The van der Waals surface area contributed by atoms with Crippen LogP contribution in [0.5, 0.6) is 0 Å². The Morgan fingerprint density at radius 3 is 2.37 bits per heavy atom. The van der Waals surface area contributed by atoms with Gasteiger partial charge in [-0.3, -0.25) is 9.36 Å². The minimum absolute atomic E-state index is 0.0558. The maximum atomic E-state index is 14.2. The third-order valence-electron chi connectivity index (χ3n) is 5.86. The molecule has 0 aliphatic carbocycles. The molecule has 0 fully saturated rings. The van der Waals surface area contributed by atoms with Crippen molar-refractivity contribution in [2.24, 2.45) is 5.16 Å². The van der Waals surface area contributed by atoms with Crippen molar-refractivity contribution in [3.63, 3.8) is 0 Å². The number of nitrogens with zero attached hydrogens (tertiary/aromatic N) is 2. The van der Waals surface area contributed by atoms with Crippen molar-refractivity contribution in [3.8, 4) is 0 Å². The summed E-state index contributed by atoms with van der Waals surface area (Å²) in [6.45, 7) is 0. The van der Waals surface area contributed by atoms with E-state index in [0.29, 0.717) is 11.1 Å². The number of aromatic nitrogens is 1. The summed E-state index contributed by atoms with van der Waals surface area (Å²) in [6.07, 6.45) is -3.69. The fourth-order valence-electron chi connectivity index (χ4n) is 4.11. The minimum atomic E-state index is -4.79. The Bertz CT molecular complexity index is 1480. The van der Waals surface area contributed by atoms with Gasteiger partial charge in [0.25, 0.3) is 11.5 Å². The predicted octanol–water partition coefficient (Wildman–Crippen LogP) is 7.98. The van der Waals surface area contributed by atoms with Gasteiger partial charge in [0.05, 0.1) is 11.2 Å². The highest BCUT2D eigenvalue weighted by Gasteiger charge is 2.62. The van der Waals surface area contributed by atoms with E-state index in [1.807, 2.05) is 24.3 Å². The molecule has 0 amide bonds. The predicted molar refractivity (Wildman–Crippen MR) is 132 cm³/mol. The zero-order valence-corrected chi connectivity index (χ0v) is 20.7. The van der Waals surface area contributed by atoms with Crippen molar-refractivity contribution in [2.45, 2.75) is 18.2 Å². The van der Waals surface area contributed by atoms with E-state index in [2.05, 4.69) is 21.1 Å². The Morgan fingerprint density at radius 1 is 1.03 bits per heavy atom. The van der Waals surface area contributed by atoms with Crippen molar-refractivity contribution in [1.29, 1.82) is 0 Å². The van der Waals surface area contributed by atoms with Crippen molar-refractivity contribution in [1.82, 2.24) is 4.57 Å². The molecule has 5 rings (SSSR count). The molecule has 0 saturated heterocycles. The zero-order valence-electron chi connectivity index (χ0n) is 17.6. The van der Waals surface area contributed by atoms with Gasteiger partial charge in [-0.2, -0.15) is 13.2 Å². The van der Waals surface area contributed by atoms with Crippen molar-refractivity contribution >= 4 is 61.7 Å². The van der Waals surface area contributed by atoms with Gasteiger partial charge in [0, 0.05) is 43.6 Å². The highest BCUT2D eigenvalue weighted by molar-refractivity contribution is 9.10. The average molecular weight is 582 g/mol. The van der Waals surface area contributed by atoms with Gasteiger partial charge in [0.15, 0.2) is 0 Å². The first-order chi connectivity index (χ1) is 16.6. The summed E-state index contributed by atoms with van der Waals surface area (Å²) in [5, 5.41) is 4.76. The molecule has 0 bridgehead atoms. The fraction of sp³-hybridized carbons (Fsp3) is 0.120. The lowest BCUT2D eigenvalue weighted by Crippen LogP contribution is -2.42. The molecule has 10 heteroatoms. The molecule has 0 saturated carbocycles. The van der Waals surface area contributed by atoms with E-state index in [9.17, 15) is 18.0 Å². The summed E-state index contributed by atoms with van der Waals surface area (Å²) in [5.74, 6) is -0.277. The quantitative estimate of drug-likeness (QED) is 0.246. The largest absolute Gasteiger partial charge is 0.435 e. The highest BCUT2D eigenvalue weighted by atomic mass is 79.9. The Kier molecular flexibility index (Phi) is 5.94. The second-order valence-corrected chi connectivity index (χ2v) is 9.76. The molecule has 3 aromatic carbocycles. The van der Waals surface area contributed by atoms with Gasteiger partial charge in [0.2, 0.25) is 0 Å². The number of carbonyl (C=O) groups excluding carboxylic acids is 1. The maximum absolute atomic E-state index is 14.2. The Morgan fingerprint density at radius 2 is 1.71 bits per heavy atom. The van der Waals surface area contributed by atoms with Crippen LogP contribution in [-0.4, -0.2) is 22.4 Å². The van der Waals surface area contributed by atoms with Crippen LogP contribution < -0.4 is 0 Å². The van der Waals surface area contributed by atoms with Crippen LogP contribution in [0, 0.1) is 0 Å². The van der Waals surface area contributed by atoms with Crippen LogP contribution in [0.25, 0.3) is 10.9 Å². The number of alkyl halides is 3. The lowest BCUT2D eigenvalue weighted by Gasteiger charge is -2.29. The van der Waals surface area contributed by atoms with Crippen molar-refractivity contribution < 1.29 is 22.8 Å². The van der Waals surface area contributed by atoms with Crippen LogP contribution in [-0.2, 0) is 10.4 Å². The summed E-state index contributed by atoms with van der Waals surface area (Å²) in [7, 11) is 0. The van der Waals surface area contributed by atoms with Crippen LogP contribution in [0.4, 0.5) is 13.2 Å². The molecule has 4 nitrogen and oxygen atoms in total. The monoisotopic (exact) mass is 580 g/mol. The number of oxime groups is 1. The molecule has 4 aromatic rings. The van der Waals surface area contributed by atoms with Crippen LogP contribution in [0.1, 0.15) is 27.9 Å². The summed E-state index contributed by atoms with van der Waals surface area (Å²) < 4.78 is 44.9. The molecule has 0 N–H and O–H groups in total. The number of halogens is 6. The standard InChI is InChI=1S/C25H14BrCl2F3N2O2/c26-20-3-1-2-15-8-9-33(22(15)20)23(34)16-6-4-14(5-7-16)21-13-24(35-32-21,25(29,30)31)17-10-18(27)12-19(28)11-17/h1-12H,13H2. The number of hydrogen-bond donors (Lipinski definition) is 0. The van der Waals surface area contributed by atoms with E-state index in [4.69, 9.17) is 28.0 Å². The number of fused-ring (bicyclic) bond motifs is 1. The van der Waals surface area contributed by atoms with E-state index in [1.54, 1.807) is 30.5 Å². The second kappa shape index (κ2) is 8.69. The van der Waals surface area contributed by atoms with Crippen molar-refractivity contribution in [2.75, 3.05) is 0 Å². The number of hydrogen-bond acceptors (Lipinski definition) is 3. The van der Waals surface area contributed by atoms with Gasteiger partial charge in [-0.25, -0.2) is 0 Å². The molecule has 1 atom stereocenters. The van der Waals surface area contributed by atoms with E-state index < -0.39 is 18.2 Å². The molecule has 1 aromatic heterocycles. The third-order valence-corrected chi connectivity index (χ3v) is 6.94. The van der Waals surface area contributed by atoms with Crippen LogP contribution in [0.2, 0.25) is 10.0 Å². The number of rotatable bonds is 3. The molecule has 2 heterocycles. The molecule has 1 aliphatic heterocycles. The van der Waals surface area contributed by atoms with E-state index in [1.165, 1.54) is 22.8 Å². The zero-order chi connectivity index (χ0) is 25.0.